The van der Waals surface area contributed by atoms with Crippen LogP contribution in [-0.4, -0.2) is 22.0 Å². The Morgan fingerprint density at radius 3 is 2.33 bits per heavy atom. The average Bonchev–Trinajstić information content (AvgIpc) is 3.19. The molecule has 3 aromatic carbocycles. The largest absolute Gasteiger partial charge is 0.506 e. The summed E-state index contributed by atoms with van der Waals surface area (Å²) in [5.74, 6) is -0.403. The van der Waals surface area contributed by atoms with Crippen LogP contribution in [-0.2, 0) is 17.6 Å². The number of aryl methyl sites for hydroxylation is 1. The maximum Gasteiger partial charge on any atom is 0.315 e. The predicted molar refractivity (Wildman–Crippen MR) is 154 cm³/mol. The lowest BCUT2D eigenvalue weighted by Gasteiger charge is -2.08. The van der Waals surface area contributed by atoms with Crippen LogP contribution in [0.15, 0.2) is 59.0 Å². The molecule has 186 valence electrons. The Morgan fingerprint density at radius 1 is 0.972 bits per heavy atom. The van der Waals surface area contributed by atoms with Gasteiger partial charge in [-0.05, 0) is 75.4 Å². The maximum absolute atomic E-state index is 13.7. The van der Waals surface area contributed by atoms with Crippen LogP contribution in [0.25, 0.3) is 11.0 Å². The highest BCUT2D eigenvalue weighted by atomic mass is 127. The van der Waals surface area contributed by atoms with E-state index in [2.05, 4.69) is 6.92 Å². The second-order valence-electron chi connectivity index (χ2n) is 8.43. The highest BCUT2D eigenvalue weighted by Gasteiger charge is 2.25. The molecule has 6 nitrogen and oxygen atoms in total. The predicted octanol–water partition coefficient (Wildman–Crippen LogP) is 7.17. The first kappa shape index (κ1) is 26.5. The van der Waals surface area contributed by atoms with Crippen LogP contribution < -0.4 is 4.74 Å². The summed E-state index contributed by atoms with van der Waals surface area (Å²) >= 11 is 3.98. The lowest BCUT2D eigenvalue weighted by Crippen LogP contribution is -2.11. The number of furan rings is 1. The molecule has 0 aliphatic rings. The molecule has 0 atom stereocenters. The normalized spacial score (nSPS) is 11.1. The molecule has 0 amide bonds. The van der Waals surface area contributed by atoms with Crippen LogP contribution in [0.5, 0.6) is 17.2 Å². The number of phenols is 2. The fourth-order valence-corrected chi connectivity index (χ4v) is 5.74. The fourth-order valence-electron chi connectivity index (χ4n) is 3.97. The summed E-state index contributed by atoms with van der Waals surface area (Å²) in [6.45, 7) is 2.10. The Morgan fingerprint density at radius 2 is 1.67 bits per heavy atom. The van der Waals surface area contributed by atoms with Crippen molar-refractivity contribution in [3.05, 3.63) is 84.2 Å². The first-order valence-electron chi connectivity index (χ1n) is 11.5. The maximum atomic E-state index is 13.7. The van der Waals surface area contributed by atoms with Gasteiger partial charge in [-0.1, -0.05) is 50.1 Å². The van der Waals surface area contributed by atoms with Crippen molar-refractivity contribution >= 4 is 67.9 Å². The second-order valence-corrected chi connectivity index (χ2v) is 10.8. The van der Waals surface area contributed by atoms with Crippen LogP contribution in [0.3, 0.4) is 0 Å². The number of benzene rings is 3. The van der Waals surface area contributed by atoms with Gasteiger partial charge in [0.2, 0.25) is 0 Å². The first-order chi connectivity index (χ1) is 17.3. The van der Waals surface area contributed by atoms with Gasteiger partial charge in [-0.25, -0.2) is 0 Å². The minimum absolute atomic E-state index is 0.0231. The van der Waals surface area contributed by atoms with Crippen molar-refractivity contribution in [2.24, 2.45) is 0 Å². The Hall–Kier alpha value is -2.60. The van der Waals surface area contributed by atoms with Gasteiger partial charge in [0.05, 0.1) is 19.1 Å². The number of halogens is 2. The van der Waals surface area contributed by atoms with Crippen LogP contribution in [0.2, 0.25) is 0 Å². The van der Waals surface area contributed by atoms with Crippen molar-refractivity contribution in [3.8, 4) is 17.2 Å². The zero-order valence-electron chi connectivity index (χ0n) is 19.5. The number of hydrogen-bond donors (Lipinski definition) is 2. The zero-order chi connectivity index (χ0) is 25.8. The first-order valence-corrected chi connectivity index (χ1v) is 13.7. The number of fused-ring (bicyclic) bond motifs is 1. The van der Waals surface area contributed by atoms with E-state index in [0.29, 0.717) is 41.4 Å². The molecule has 0 saturated heterocycles. The number of unbranched alkanes of at least 4 members (excludes halogenated alkanes) is 2. The Balaban J connectivity index is 1.72. The number of phenolic OH excluding ortho intramolecular Hbond substituents is 2. The molecule has 1 heterocycles. The minimum Gasteiger partial charge on any atom is -0.506 e. The molecule has 0 saturated carbocycles. The van der Waals surface area contributed by atoms with Crippen molar-refractivity contribution < 1.29 is 29.0 Å². The Labute approximate surface area is 235 Å². The molecule has 0 spiro atoms. The van der Waals surface area contributed by atoms with Crippen molar-refractivity contribution in [1.29, 1.82) is 0 Å². The molecule has 0 radical (unpaired) electrons. The van der Waals surface area contributed by atoms with E-state index in [0.717, 1.165) is 24.8 Å². The monoisotopic (exact) mass is 710 g/mol. The third-order valence-electron chi connectivity index (χ3n) is 5.77. The van der Waals surface area contributed by atoms with Gasteiger partial charge in [0, 0.05) is 23.4 Å². The van der Waals surface area contributed by atoms with E-state index >= 15 is 0 Å². The third-order valence-corrected chi connectivity index (χ3v) is 7.42. The molecule has 2 N–H and O–H groups in total. The van der Waals surface area contributed by atoms with E-state index in [9.17, 15) is 19.8 Å². The number of rotatable bonds is 9. The van der Waals surface area contributed by atoms with Crippen LogP contribution >= 0.6 is 45.2 Å². The molecule has 8 heteroatoms. The molecule has 0 fully saturated rings. The minimum atomic E-state index is -0.518. The van der Waals surface area contributed by atoms with Gasteiger partial charge in [-0.15, -0.1) is 0 Å². The van der Waals surface area contributed by atoms with Crippen LogP contribution in [0.1, 0.15) is 53.4 Å². The number of aromatic hydroxyl groups is 2. The van der Waals surface area contributed by atoms with Gasteiger partial charge in [-0.3, -0.25) is 9.59 Å². The van der Waals surface area contributed by atoms with Gasteiger partial charge < -0.3 is 19.4 Å². The smallest absolute Gasteiger partial charge is 0.315 e. The van der Waals surface area contributed by atoms with Crippen molar-refractivity contribution in [1.82, 2.24) is 0 Å². The fraction of sp³-hybridized carbons (Fsp3) is 0.214. The summed E-state index contributed by atoms with van der Waals surface area (Å²) in [7, 11) is 0. The topological polar surface area (TPSA) is 97.0 Å². The Bertz CT molecular complexity index is 1400. The summed E-state index contributed by atoms with van der Waals surface area (Å²) in [4.78, 5) is 26.1. The van der Waals surface area contributed by atoms with E-state index in [4.69, 9.17) is 9.15 Å². The van der Waals surface area contributed by atoms with E-state index in [1.54, 1.807) is 12.1 Å². The lowest BCUT2D eigenvalue weighted by molar-refractivity contribution is -0.133. The summed E-state index contributed by atoms with van der Waals surface area (Å²) in [5.41, 5.74) is 1.94. The molecular weight excluding hydrogens is 686 g/mol. The highest BCUT2D eigenvalue weighted by Crippen LogP contribution is 2.38. The standard InChI is InChI=1S/C28H24I2O6/c1-2-3-5-10-22-26(27(33)17-12-19(29)28(34)20(30)13-17)18-14-21(31)24(15-23(18)35-22)36-25(32)11-16-8-6-4-7-9-16/h4,6-9,12-15,31,34H,2-3,5,10-11H2,1H3. The Kier molecular flexibility index (Phi) is 8.55. The molecule has 1 aromatic heterocycles. The number of esters is 1. The SMILES string of the molecule is CCCCCc1oc2cc(OC(=O)Cc3ccccc3)c(O)cc2c1C(=O)c1cc(I)c(O)c(I)c1. The number of hydrogen-bond acceptors (Lipinski definition) is 6. The molecule has 0 aliphatic heterocycles. The molecule has 0 aliphatic carbocycles. The summed E-state index contributed by atoms with van der Waals surface area (Å²) < 4.78 is 12.7. The van der Waals surface area contributed by atoms with Gasteiger partial charge in [0.25, 0.3) is 0 Å². The molecule has 4 aromatic rings. The quantitative estimate of drug-likeness (QED) is 0.0630. The van der Waals surface area contributed by atoms with Crippen molar-refractivity contribution in [3.63, 3.8) is 0 Å². The van der Waals surface area contributed by atoms with E-state index in [1.807, 2.05) is 75.5 Å². The second kappa shape index (κ2) is 11.6. The van der Waals surface area contributed by atoms with Crippen LogP contribution in [0, 0.1) is 7.14 Å². The average molecular weight is 710 g/mol. The molecule has 0 unspecified atom stereocenters. The molecule has 0 bridgehead atoms. The van der Waals surface area contributed by atoms with Gasteiger partial charge in [-0.2, -0.15) is 0 Å². The third kappa shape index (κ3) is 5.86. The van der Waals surface area contributed by atoms with Gasteiger partial charge in [0.1, 0.15) is 17.1 Å². The van der Waals surface area contributed by atoms with E-state index in [1.165, 1.54) is 12.1 Å². The van der Waals surface area contributed by atoms with Crippen LogP contribution in [0.4, 0.5) is 0 Å². The lowest BCUT2D eigenvalue weighted by atomic mass is 9.98. The molecule has 36 heavy (non-hydrogen) atoms. The van der Waals surface area contributed by atoms with Gasteiger partial charge >= 0.3 is 5.97 Å². The van der Waals surface area contributed by atoms with E-state index in [-0.39, 0.29) is 29.5 Å². The molecular formula is C28H24I2O6. The number of carbonyl (C=O) groups is 2. The number of ether oxygens (including phenoxy) is 1. The molecule has 4 rings (SSSR count). The summed E-state index contributed by atoms with van der Waals surface area (Å²) in [5, 5.41) is 21.3. The van der Waals surface area contributed by atoms with E-state index < -0.39 is 5.97 Å². The highest BCUT2D eigenvalue weighted by molar-refractivity contribution is 14.1. The summed E-state index contributed by atoms with van der Waals surface area (Å²) in [6, 6.07) is 15.3. The summed E-state index contributed by atoms with van der Waals surface area (Å²) in [6.07, 6.45) is 3.44. The van der Waals surface area contributed by atoms with Crippen molar-refractivity contribution in [2.75, 3.05) is 0 Å². The number of carbonyl (C=O) groups excluding carboxylic acids is 2. The van der Waals surface area contributed by atoms with Gasteiger partial charge in [0.15, 0.2) is 17.3 Å². The van der Waals surface area contributed by atoms with Crippen molar-refractivity contribution in [2.45, 2.75) is 39.0 Å². The zero-order valence-corrected chi connectivity index (χ0v) is 23.8. The number of ketones is 1.